The van der Waals surface area contributed by atoms with Gasteiger partial charge in [0.25, 0.3) is 0 Å². The number of aliphatic hydroxyl groups is 3. The fraction of sp³-hybridized carbons (Fsp3) is 0.778. The molecule has 4 nitrogen and oxygen atoms in total. The molecule has 0 saturated carbocycles. The zero-order chi connectivity index (χ0) is 10.1. The van der Waals surface area contributed by atoms with Gasteiger partial charge in [-0.15, -0.1) is 0 Å². The third-order valence-corrected chi connectivity index (χ3v) is 1.43. The molecule has 0 heterocycles. The van der Waals surface area contributed by atoms with E-state index >= 15 is 0 Å². The van der Waals surface area contributed by atoms with Crippen LogP contribution in [0.2, 0.25) is 0 Å². The monoisotopic (exact) mass is 190 g/mol. The summed E-state index contributed by atoms with van der Waals surface area (Å²) < 4.78 is 4.80. The highest BCUT2D eigenvalue weighted by Gasteiger charge is 2.04. The molecule has 0 spiro atoms. The Morgan fingerprint density at radius 3 is 2.62 bits per heavy atom. The lowest BCUT2D eigenvalue weighted by Crippen LogP contribution is -2.23. The molecular formula is C9H18O4. The first-order chi connectivity index (χ1) is 6.20. The minimum absolute atomic E-state index is 0.0614. The molecule has 4 heteroatoms. The number of unbranched alkanes of at least 4 members (excludes halogenated alkanes) is 1. The Kier molecular flexibility index (Phi) is 7.93. The molecule has 0 rings (SSSR count). The van der Waals surface area contributed by atoms with Crippen molar-refractivity contribution in [3.8, 4) is 0 Å². The van der Waals surface area contributed by atoms with Gasteiger partial charge in [0.05, 0.1) is 13.2 Å². The van der Waals surface area contributed by atoms with E-state index in [1.807, 2.05) is 13.0 Å². The van der Waals surface area contributed by atoms with E-state index in [-0.39, 0.29) is 13.2 Å². The lowest BCUT2D eigenvalue weighted by atomic mass is 10.3. The van der Waals surface area contributed by atoms with Crippen LogP contribution < -0.4 is 0 Å². The van der Waals surface area contributed by atoms with Gasteiger partial charge in [0.1, 0.15) is 6.10 Å². The maximum Gasteiger partial charge on any atom is 0.174 e. The predicted molar refractivity (Wildman–Crippen MR) is 49.1 cm³/mol. The van der Waals surface area contributed by atoms with Crippen LogP contribution in [-0.2, 0) is 4.74 Å². The average Bonchev–Trinajstić information content (AvgIpc) is 2.14. The second-order valence-electron chi connectivity index (χ2n) is 2.78. The summed E-state index contributed by atoms with van der Waals surface area (Å²) in [5.74, 6) is 0. The highest BCUT2D eigenvalue weighted by atomic mass is 16.6. The second-order valence-corrected chi connectivity index (χ2v) is 2.78. The van der Waals surface area contributed by atoms with E-state index in [1.165, 1.54) is 6.08 Å². The van der Waals surface area contributed by atoms with E-state index in [0.717, 1.165) is 12.8 Å². The van der Waals surface area contributed by atoms with Gasteiger partial charge in [-0.3, -0.25) is 0 Å². The second kappa shape index (κ2) is 8.19. The maximum absolute atomic E-state index is 9.12. The van der Waals surface area contributed by atoms with Gasteiger partial charge in [0.15, 0.2) is 6.29 Å². The van der Waals surface area contributed by atoms with Gasteiger partial charge >= 0.3 is 0 Å². The van der Waals surface area contributed by atoms with Gasteiger partial charge in [0, 0.05) is 0 Å². The fourth-order valence-corrected chi connectivity index (χ4v) is 0.697. The van der Waals surface area contributed by atoms with Crippen LogP contribution in [0.3, 0.4) is 0 Å². The van der Waals surface area contributed by atoms with Crippen molar-refractivity contribution in [2.24, 2.45) is 0 Å². The molecule has 0 aromatic heterocycles. The van der Waals surface area contributed by atoms with Crippen LogP contribution in [0.5, 0.6) is 0 Å². The van der Waals surface area contributed by atoms with Crippen LogP contribution in [0.25, 0.3) is 0 Å². The first-order valence-corrected chi connectivity index (χ1v) is 4.46. The van der Waals surface area contributed by atoms with Crippen molar-refractivity contribution in [2.45, 2.75) is 32.2 Å². The minimum atomic E-state index is -0.993. The predicted octanol–water partition coefficient (Wildman–Crippen LogP) is 0.0309. The Morgan fingerprint density at radius 2 is 2.08 bits per heavy atom. The van der Waals surface area contributed by atoms with E-state index in [0.29, 0.717) is 0 Å². The standard InChI is InChI=1S/C9H18O4/c1-2-3-4-5-9(12)13-7-8(11)6-10/h4-5,8-12H,2-3,6-7H2,1H3. The third kappa shape index (κ3) is 7.93. The molecule has 0 amide bonds. The Balaban J connectivity index is 3.44. The lowest BCUT2D eigenvalue weighted by Gasteiger charge is -2.10. The zero-order valence-corrected chi connectivity index (χ0v) is 7.89. The smallest absolute Gasteiger partial charge is 0.174 e. The summed E-state index contributed by atoms with van der Waals surface area (Å²) >= 11 is 0. The highest BCUT2D eigenvalue weighted by Crippen LogP contribution is 1.95. The number of hydrogen-bond donors (Lipinski definition) is 3. The van der Waals surface area contributed by atoms with E-state index < -0.39 is 12.4 Å². The number of aliphatic hydroxyl groups excluding tert-OH is 3. The van der Waals surface area contributed by atoms with Gasteiger partial charge in [0.2, 0.25) is 0 Å². The van der Waals surface area contributed by atoms with Crippen LogP contribution in [0, 0.1) is 0 Å². The van der Waals surface area contributed by atoms with Crippen molar-refractivity contribution in [1.82, 2.24) is 0 Å². The molecule has 0 bridgehead atoms. The molecule has 0 radical (unpaired) electrons. The Morgan fingerprint density at radius 1 is 1.38 bits per heavy atom. The SMILES string of the molecule is CCCC=CC(O)OCC(O)CO. The molecule has 0 saturated heterocycles. The van der Waals surface area contributed by atoms with E-state index in [4.69, 9.17) is 20.1 Å². The fourth-order valence-electron chi connectivity index (χ4n) is 0.697. The lowest BCUT2D eigenvalue weighted by molar-refractivity contribution is -0.0985. The van der Waals surface area contributed by atoms with Crippen LogP contribution in [0.15, 0.2) is 12.2 Å². The van der Waals surface area contributed by atoms with Crippen LogP contribution in [0.1, 0.15) is 19.8 Å². The van der Waals surface area contributed by atoms with Gasteiger partial charge in [-0.05, 0) is 12.5 Å². The van der Waals surface area contributed by atoms with Crippen molar-refractivity contribution in [2.75, 3.05) is 13.2 Å². The molecule has 0 fully saturated rings. The molecule has 2 unspecified atom stereocenters. The van der Waals surface area contributed by atoms with Gasteiger partial charge in [-0.25, -0.2) is 0 Å². The zero-order valence-electron chi connectivity index (χ0n) is 7.89. The van der Waals surface area contributed by atoms with Gasteiger partial charge < -0.3 is 20.1 Å². The molecule has 0 aliphatic carbocycles. The van der Waals surface area contributed by atoms with Crippen molar-refractivity contribution in [3.63, 3.8) is 0 Å². The quantitative estimate of drug-likeness (QED) is 0.391. The van der Waals surface area contributed by atoms with Gasteiger partial charge in [-0.1, -0.05) is 19.4 Å². The van der Waals surface area contributed by atoms with Crippen molar-refractivity contribution in [1.29, 1.82) is 0 Å². The Labute approximate surface area is 78.5 Å². The number of hydrogen-bond acceptors (Lipinski definition) is 4. The topological polar surface area (TPSA) is 69.9 Å². The first-order valence-electron chi connectivity index (χ1n) is 4.46. The third-order valence-electron chi connectivity index (χ3n) is 1.43. The molecule has 78 valence electrons. The van der Waals surface area contributed by atoms with Crippen LogP contribution >= 0.6 is 0 Å². The average molecular weight is 190 g/mol. The molecule has 0 aromatic carbocycles. The minimum Gasteiger partial charge on any atom is -0.394 e. The molecule has 0 aliphatic heterocycles. The van der Waals surface area contributed by atoms with Gasteiger partial charge in [-0.2, -0.15) is 0 Å². The van der Waals surface area contributed by atoms with Crippen LogP contribution in [0.4, 0.5) is 0 Å². The molecule has 13 heavy (non-hydrogen) atoms. The van der Waals surface area contributed by atoms with Crippen molar-refractivity contribution >= 4 is 0 Å². The summed E-state index contributed by atoms with van der Waals surface area (Å²) in [6.45, 7) is 1.62. The summed E-state index contributed by atoms with van der Waals surface area (Å²) in [6, 6.07) is 0. The van der Waals surface area contributed by atoms with Crippen molar-refractivity contribution < 1.29 is 20.1 Å². The summed E-state index contributed by atoms with van der Waals surface area (Å²) in [7, 11) is 0. The van der Waals surface area contributed by atoms with Crippen molar-refractivity contribution in [3.05, 3.63) is 12.2 Å². The molecule has 0 aliphatic rings. The Hall–Kier alpha value is -0.420. The number of ether oxygens (including phenoxy) is 1. The van der Waals surface area contributed by atoms with E-state index in [9.17, 15) is 0 Å². The van der Waals surface area contributed by atoms with E-state index in [2.05, 4.69) is 0 Å². The largest absolute Gasteiger partial charge is 0.394 e. The summed E-state index contributed by atoms with van der Waals surface area (Å²) in [5.41, 5.74) is 0. The maximum atomic E-state index is 9.12. The molecule has 3 N–H and O–H groups in total. The summed E-state index contributed by atoms with van der Waals surface area (Å²) in [5, 5.41) is 26.4. The molecule has 0 aromatic rings. The normalized spacial score (nSPS) is 16.3. The summed E-state index contributed by atoms with van der Waals surface area (Å²) in [4.78, 5) is 0. The summed E-state index contributed by atoms with van der Waals surface area (Å²) in [6.07, 6.45) is 3.33. The van der Waals surface area contributed by atoms with Crippen LogP contribution in [-0.4, -0.2) is 40.9 Å². The molecular weight excluding hydrogens is 172 g/mol. The van der Waals surface area contributed by atoms with E-state index in [1.54, 1.807) is 0 Å². The Bertz CT molecular complexity index is 136. The number of rotatable bonds is 7. The number of allylic oxidation sites excluding steroid dienone is 1. The molecule has 2 atom stereocenters. The highest BCUT2D eigenvalue weighted by molar-refractivity contribution is 4.83. The first kappa shape index (κ1) is 12.6.